The molecule has 0 aliphatic carbocycles. The molecule has 0 saturated carbocycles. The van der Waals surface area contributed by atoms with E-state index in [1.165, 1.54) is 29.5 Å². The van der Waals surface area contributed by atoms with Gasteiger partial charge in [-0.25, -0.2) is 4.98 Å². The van der Waals surface area contributed by atoms with E-state index >= 15 is 0 Å². The number of anilines is 2. The molecule has 7 nitrogen and oxygen atoms in total. The van der Waals surface area contributed by atoms with Crippen LogP contribution in [0.15, 0.2) is 60.0 Å². The minimum absolute atomic E-state index is 0.00284. The molecule has 0 aliphatic heterocycles. The van der Waals surface area contributed by atoms with Crippen molar-refractivity contribution in [2.24, 2.45) is 0 Å². The van der Waals surface area contributed by atoms with Crippen molar-refractivity contribution in [2.45, 2.75) is 0 Å². The molecule has 3 aromatic rings. The maximum absolute atomic E-state index is 12.2. The summed E-state index contributed by atoms with van der Waals surface area (Å²) in [5.74, 6) is -0.320. The first-order chi connectivity index (χ1) is 12.5. The number of hydrogen-bond donors (Lipinski definition) is 2. The quantitative estimate of drug-likeness (QED) is 0.403. The van der Waals surface area contributed by atoms with E-state index in [4.69, 9.17) is 5.73 Å². The molecule has 1 aromatic heterocycles. The van der Waals surface area contributed by atoms with Gasteiger partial charge in [0.25, 0.3) is 5.69 Å². The molecule has 0 spiro atoms. The number of carbonyl (C=O) groups excluding carboxylic acids is 1. The lowest BCUT2D eigenvalue weighted by Gasteiger charge is -2.07. The Labute approximate surface area is 153 Å². The molecule has 0 unspecified atom stereocenters. The van der Waals surface area contributed by atoms with E-state index < -0.39 is 4.92 Å². The Kier molecular flexibility index (Phi) is 5.04. The molecule has 1 heterocycles. The average molecular weight is 366 g/mol. The van der Waals surface area contributed by atoms with E-state index in [0.29, 0.717) is 22.1 Å². The lowest BCUT2D eigenvalue weighted by molar-refractivity contribution is -0.384. The number of nitrogen functional groups attached to an aromatic ring is 1. The van der Waals surface area contributed by atoms with Crippen LogP contribution in [0.4, 0.5) is 16.5 Å². The topological polar surface area (TPSA) is 111 Å². The number of nitrogens with zero attached hydrogens (tertiary/aromatic N) is 2. The van der Waals surface area contributed by atoms with Crippen LogP contribution in [0, 0.1) is 10.1 Å². The standard InChI is InChI=1S/C18H14N4O3S/c19-18-21-16(11-26-18)14-3-1-2-4-15(14)20-17(23)10-7-12-5-8-13(9-6-12)22(24)25/h1-11H,(H2,19,21)(H,20,23)/b10-7+. The van der Waals surface area contributed by atoms with Gasteiger partial charge in [-0.2, -0.15) is 0 Å². The van der Waals surface area contributed by atoms with E-state index in [1.54, 1.807) is 24.3 Å². The van der Waals surface area contributed by atoms with Gasteiger partial charge in [0.15, 0.2) is 5.13 Å². The SMILES string of the molecule is Nc1nc(-c2ccccc2NC(=O)/C=C/c2ccc([N+](=O)[O-])cc2)cs1. The van der Waals surface area contributed by atoms with Gasteiger partial charge in [-0.15, -0.1) is 11.3 Å². The van der Waals surface area contributed by atoms with Crippen LogP contribution in [0.2, 0.25) is 0 Å². The van der Waals surface area contributed by atoms with Crippen LogP contribution in [0.1, 0.15) is 5.56 Å². The molecule has 130 valence electrons. The van der Waals surface area contributed by atoms with Crippen LogP contribution < -0.4 is 11.1 Å². The zero-order valence-corrected chi connectivity index (χ0v) is 14.3. The summed E-state index contributed by atoms with van der Waals surface area (Å²) >= 11 is 1.33. The molecule has 1 amide bonds. The minimum atomic E-state index is -0.470. The molecule has 0 aliphatic rings. The first-order valence-corrected chi connectivity index (χ1v) is 8.45. The summed E-state index contributed by atoms with van der Waals surface area (Å²) in [5, 5.41) is 15.7. The van der Waals surface area contributed by atoms with Gasteiger partial charge in [-0.3, -0.25) is 14.9 Å². The second-order valence-corrected chi connectivity index (χ2v) is 6.18. The van der Waals surface area contributed by atoms with Crippen LogP contribution in [-0.2, 0) is 4.79 Å². The Morgan fingerprint density at radius 3 is 2.58 bits per heavy atom. The van der Waals surface area contributed by atoms with E-state index in [2.05, 4.69) is 10.3 Å². The monoisotopic (exact) mass is 366 g/mol. The number of amides is 1. The van der Waals surface area contributed by atoms with Crippen molar-refractivity contribution in [3.8, 4) is 11.3 Å². The van der Waals surface area contributed by atoms with Gasteiger partial charge in [0.05, 0.1) is 16.3 Å². The normalized spacial score (nSPS) is 10.8. The number of hydrogen-bond acceptors (Lipinski definition) is 6. The molecule has 0 bridgehead atoms. The maximum atomic E-state index is 12.2. The number of para-hydroxylation sites is 1. The van der Waals surface area contributed by atoms with Crippen molar-refractivity contribution in [3.05, 3.63) is 75.7 Å². The van der Waals surface area contributed by atoms with E-state index in [-0.39, 0.29) is 11.6 Å². The second-order valence-electron chi connectivity index (χ2n) is 5.29. The lowest BCUT2D eigenvalue weighted by Crippen LogP contribution is -2.08. The first-order valence-electron chi connectivity index (χ1n) is 7.57. The summed E-state index contributed by atoms with van der Waals surface area (Å²) in [6, 6.07) is 13.2. The van der Waals surface area contributed by atoms with Gasteiger partial charge in [-0.05, 0) is 29.8 Å². The molecule has 26 heavy (non-hydrogen) atoms. The summed E-state index contributed by atoms with van der Waals surface area (Å²) in [6.07, 6.45) is 2.95. The highest BCUT2D eigenvalue weighted by Crippen LogP contribution is 2.29. The predicted molar refractivity (Wildman–Crippen MR) is 103 cm³/mol. The minimum Gasteiger partial charge on any atom is -0.375 e. The number of aromatic nitrogens is 1. The van der Waals surface area contributed by atoms with Crippen molar-refractivity contribution in [1.82, 2.24) is 4.98 Å². The number of nitrogens with two attached hydrogens (primary N) is 1. The van der Waals surface area contributed by atoms with Crippen molar-refractivity contribution < 1.29 is 9.72 Å². The van der Waals surface area contributed by atoms with Crippen LogP contribution in [0.25, 0.3) is 17.3 Å². The Bertz CT molecular complexity index is 980. The van der Waals surface area contributed by atoms with Crippen LogP contribution in [0.3, 0.4) is 0 Å². The number of nitrogens with one attached hydrogen (secondary N) is 1. The van der Waals surface area contributed by atoms with E-state index in [0.717, 1.165) is 5.56 Å². The Morgan fingerprint density at radius 1 is 1.19 bits per heavy atom. The number of carbonyl (C=O) groups is 1. The van der Waals surface area contributed by atoms with E-state index in [9.17, 15) is 14.9 Å². The molecule has 0 radical (unpaired) electrons. The van der Waals surface area contributed by atoms with Gasteiger partial charge in [0, 0.05) is 29.2 Å². The zero-order valence-electron chi connectivity index (χ0n) is 13.5. The Balaban J connectivity index is 1.73. The second kappa shape index (κ2) is 7.58. The molecule has 3 N–H and O–H groups in total. The number of rotatable bonds is 5. The van der Waals surface area contributed by atoms with Crippen molar-refractivity contribution in [1.29, 1.82) is 0 Å². The maximum Gasteiger partial charge on any atom is 0.269 e. The summed E-state index contributed by atoms with van der Waals surface area (Å²) in [5.41, 5.74) is 8.46. The van der Waals surface area contributed by atoms with Crippen molar-refractivity contribution in [2.75, 3.05) is 11.1 Å². The molecule has 0 saturated heterocycles. The van der Waals surface area contributed by atoms with Gasteiger partial charge in [-0.1, -0.05) is 18.2 Å². The smallest absolute Gasteiger partial charge is 0.269 e. The number of thiazole rings is 1. The molecular formula is C18H14N4O3S. The summed E-state index contributed by atoms with van der Waals surface area (Å²) in [6.45, 7) is 0. The number of nitro benzene ring substituents is 1. The van der Waals surface area contributed by atoms with Gasteiger partial charge >= 0.3 is 0 Å². The van der Waals surface area contributed by atoms with Crippen LogP contribution in [0.5, 0.6) is 0 Å². The van der Waals surface area contributed by atoms with Crippen LogP contribution in [-0.4, -0.2) is 15.8 Å². The van der Waals surface area contributed by atoms with Gasteiger partial charge in [0.1, 0.15) is 0 Å². The fraction of sp³-hybridized carbons (Fsp3) is 0. The number of nitro groups is 1. The van der Waals surface area contributed by atoms with Gasteiger partial charge < -0.3 is 11.1 Å². The fourth-order valence-electron chi connectivity index (χ4n) is 2.28. The number of non-ortho nitro benzene ring substituents is 1. The van der Waals surface area contributed by atoms with E-state index in [1.807, 2.05) is 23.6 Å². The van der Waals surface area contributed by atoms with Crippen LogP contribution >= 0.6 is 11.3 Å². The highest BCUT2D eigenvalue weighted by atomic mass is 32.1. The van der Waals surface area contributed by atoms with Crippen molar-refractivity contribution in [3.63, 3.8) is 0 Å². The third-order valence-corrected chi connectivity index (χ3v) is 4.19. The molecule has 8 heteroatoms. The largest absolute Gasteiger partial charge is 0.375 e. The number of benzene rings is 2. The third kappa shape index (κ3) is 4.11. The molecule has 0 atom stereocenters. The summed E-state index contributed by atoms with van der Waals surface area (Å²) < 4.78 is 0. The third-order valence-electron chi connectivity index (χ3n) is 3.51. The Hall–Kier alpha value is -3.52. The van der Waals surface area contributed by atoms with Crippen molar-refractivity contribution >= 4 is 39.8 Å². The summed E-state index contributed by atoms with van der Waals surface area (Å²) in [7, 11) is 0. The highest BCUT2D eigenvalue weighted by molar-refractivity contribution is 7.13. The average Bonchev–Trinajstić information content (AvgIpc) is 3.07. The lowest BCUT2D eigenvalue weighted by atomic mass is 10.1. The van der Waals surface area contributed by atoms with Gasteiger partial charge in [0.2, 0.25) is 5.91 Å². The first kappa shape index (κ1) is 17.3. The predicted octanol–water partition coefficient (Wildman–Crippen LogP) is 3.95. The zero-order chi connectivity index (χ0) is 18.5. The molecule has 3 rings (SSSR count). The highest BCUT2D eigenvalue weighted by Gasteiger charge is 2.09. The summed E-state index contributed by atoms with van der Waals surface area (Å²) in [4.78, 5) is 26.6. The fourth-order valence-corrected chi connectivity index (χ4v) is 2.84. The molecular weight excluding hydrogens is 352 g/mol. The molecule has 2 aromatic carbocycles. The molecule has 0 fully saturated rings. The Morgan fingerprint density at radius 2 is 1.92 bits per heavy atom.